The van der Waals surface area contributed by atoms with Crippen LogP contribution in [0.1, 0.15) is 24.4 Å². The third kappa shape index (κ3) is 1.86. The molecule has 1 saturated carbocycles. The van der Waals surface area contributed by atoms with E-state index in [9.17, 15) is 0 Å². The van der Waals surface area contributed by atoms with Crippen LogP contribution >= 0.6 is 0 Å². The van der Waals surface area contributed by atoms with E-state index >= 15 is 0 Å². The SMILES string of the molecule is Cc1nc(CN2C[C@H]3CC[C@@H](C2)C3N)c2ccccn12. The smallest absolute Gasteiger partial charge is 0.110 e. The summed E-state index contributed by atoms with van der Waals surface area (Å²) in [5, 5.41) is 0. The Morgan fingerprint density at radius 2 is 2.00 bits per heavy atom. The van der Waals surface area contributed by atoms with E-state index in [1.54, 1.807) is 0 Å². The Labute approximate surface area is 119 Å². The van der Waals surface area contributed by atoms with Gasteiger partial charge in [0.15, 0.2) is 0 Å². The summed E-state index contributed by atoms with van der Waals surface area (Å²) in [5.74, 6) is 2.47. The number of hydrogen-bond donors (Lipinski definition) is 1. The van der Waals surface area contributed by atoms with Crippen LogP contribution < -0.4 is 5.73 Å². The molecule has 4 heteroatoms. The molecule has 1 aliphatic carbocycles. The first-order chi connectivity index (χ1) is 9.72. The van der Waals surface area contributed by atoms with Crippen molar-refractivity contribution in [2.75, 3.05) is 13.1 Å². The molecule has 1 aliphatic heterocycles. The lowest BCUT2D eigenvalue weighted by Gasteiger charge is -2.35. The predicted octanol–water partition coefficient (Wildman–Crippen LogP) is 1.81. The minimum atomic E-state index is 0.437. The predicted molar refractivity (Wildman–Crippen MR) is 79.4 cm³/mol. The fourth-order valence-electron chi connectivity index (χ4n) is 4.09. The highest BCUT2D eigenvalue weighted by Gasteiger charge is 2.39. The number of imidazole rings is 1. The number of piperidine rings is 1. The van der Waals surface area contributed by atoms with Crippen molar-refractivity contribution < 1.29 is 0 Å². The third-order valence-corrected chi connectivity index (χ3v) is 5.16. The van der Waals surface area contributed by atoms with Crippen LogP contribution in [0.3, 0.4) is 0 Å². The van der Waals surface area contributed by atoms with Crippen molar-refractivity contribution in [2.45, 2.75) is 32.4 Å². The first-order valence-electron chi connectivity index (χ1n) is 7.63. The molecule has 2 N–H and O–H groups in total. The highest BCUT2D eigenvalue weighted by molar-refractivity contribution is 5.53. The molecular weight excluding hydrogens is 248 g/mol. The Balaban J connectivity index is 1.59. The molecular formula is C16H22N4. The summed E-state index contributed by atoms with van der Waals surface area (Å²) in [6.45, 7) is 5.32. The molecule has 0 spiro atoms. The van der Waals surface area contributed by atoms with E-state index in [0.29, 0.717) is 17.9 Å². The van der Waals surface area contributed by atoms with Crippen LogP contribution in [-0.4, -0.2) is 33.4 Å². The van der Waals surface area contributed by atoms with Gasteiger partial charge in [-0.15, -0.1) is 0 Å². The molecule has 1 saturated heterocycles. The number of fused-ring (bicyclic) bond motifs is 3. The van der Waals surface area contributed by atoms with Crippen LogP contribution in [-0.2, 0) is 6.54 Å². The van der Waals surface area contributed by atoms with Crippen LogP contribution in [0.4, 0.5) is 0 Å². The lowest BCUT2D eigenvalue weighted by Crippen LogP contribution is -2.48. The van der Waals surface area contributed by atoms with Crippen LogP contribution in [0.25, 0.3) is 5.52 Å². The maximum Gasteiger partial charge on any atom is 0.110 e. The zero-order valence-electron chi connectivity index (χ0n) is 12.0. The van der Waals surface area contributed by atoms with Crippen molar-refractivity contribution in [3.05, 3.63) is 35.9 Å². The number of aryl methyl sites for hydroxylation is 1. The minimum Gasteiger partial charge on any atom is -0.327 e. The van der Waals surface area contributed by atoms with Gasteiger partial charge in [0.25, 0.3) is 0 Å². The summed E-state index contributed by atoms with van der Waals surface area (Å²) >= 11 is 0. The molecule has 1 unspecified atom stereocenters. The first kappa shape index (κ1) is 12.4. The molecule has 4 rings (SSSR count). The number of likely N-dealkylation sites (tertiary alicyclic amines) is 1. The monoisotopic (exact) mass is 270 g/mol. The van der Waals surface area contributed by atoms with Gasteiger partial charge in [0, 0.05) is 31.9 Å². The van der Waals surface area contributed by atoms with Gasteiger partial charge < -0.3 is 10.1 Å². The summed E-state index contributed by atoms with van der Waals surface area (Å²) in [7, 11) is 0. The summed E-state index contributed by atoms with van der Waals surface area (Å²) < 4.78 is 2.18. The number of nitrogens with zero attached hydrogens (tertiary/aromatic N) is 3. The highest BCUT2D eigenvalue weighted by Crippen LogP contribution is 2.36. The van der Waals surface area contributed by atoms with E-state index < -0.39 is 0 Å². The van der Waals surface area contributed by atoms with E-state index in [4.69, 9.17) is 10.7 Å². The van der Waals surface area contributed by atoms with Crippen LogP contribution in [0.2, 0.25) is 0 Å². The van der Waals surface area contributed by atoms with Crippen LogP contribution in [0.15, 0.2) is 24.4 Å². The quantitative estimate of drug-likeness (QED) is 0.905. The van der Waals surface area contributed by atoms with Crippen molar-refractivity contribution in [2.24, 2.45) is 17.6 Å². The van der Waals surface area contributed by atoms with Gasteiger partial charge in [0.1, 0.15) is 5.82 Å². The van der Waals surface area contributed by atoms with Gasteiger partial charge in [-0.3, -0.25) is 4.90 Å². The summed E-state index contributed by atoms with van der Waals surface area (Å²) in [6, 6.07) is 6.76. The Bertz CT molecular complexity index is 618. The van der Waals surface area contributed by atoms with Gasteiger partial charge in [-0.2, -0.15) is 0 Å². The van der Waals surface area contributed by atoms with Crippen LogP contribution in [0, 0.1) is 18.8 Å². The highest BCUT2D eigenvalue weighted by atomic mass is 15.2. The lowest BCUT2D eigenvalue weighted by atomic mass is 9.93. The average molecular weight is 270 g/mol. The van der Waals surface area contributed by atoms with Crippen molar-refractivity contribution in [3.8, 4) is 0 Å². The second-order valence-electron chi connectivity index (χ2n) is 6.43. The molecule has 2 aromatic heterocycles. The fraction of sp³-hybridized carbons (Fsp3) is 0.562. The Morgan fingerprint density at radius 1 is 1.25 bits per heavy atom. The maximum absolute atomic E-state index is 6.29. The fourth-order valence-corrected chi connectivity index (χ4v) is 4.09. The normalized spacial score (nSPS) is 30.2. The van der Waals surface area contributed by atoms with E-state index in [0.717, 1.165) is 25.5 Å². The third-order valence-electron chi connectivity index (χ3n) is 5.16. The summed E-state index contributed by atoms with van der Waals surface area (Å²) in [6.07, 6.45) is 4.72. The Kier molecular flexibility index (Phi) is 2.82. The van der Waals surface area contributed by atoms with Gasteiger partial charge in [-0.25, -0.2) is 4.98 Å². The number of hydrogen-bond acceptors (Lipinski definition) is 3. The van der Waals surface area contributed by atoms with Crippen molar-refractivity contribution in [1.82, 2.24) is 14.3 Å². The molecule has 2 fully saturated rings. The molecule has 2 bridgehead atoms. The molecule has 3 atom stereocenters. The molecule has 4 nitrogen and oxygen atoms in total. The molecule has 0 aromatic carbocycles. The van der Waals surface area contributed by atoms with Gasteiger partial charge in [-0.05, 0) is 43.7 Å². The number of nitrogens with two attached hydrogens (primary N) is 1. The first-order valence-corrected chi connectivity index (χ1v) is 7.63. The summed E-state index contributed by atoms with van der Waals surface area (Å²) in [4.78, 5) is 7.32. The van der Waals surface area contributed by atoms with E-state index in [2.05, 4.69) is 40.6 Å². The maximum atomic E-state index is 6.29. The van der Waals surface area contributed by atoms with E-state index in [1.807, 2.05) is 0 Å². The zero-order valence-corrected chi connectivity index (χ0v) is 12.0. The molecule has 3 heterocycles. The summed E-state index contributed by atoms with van der Waals surface area (Å²) in [5.41, 5.74) is 8.74. The molecule has 2 aliphatic rings. The van der Waals surface area contributed by atoms with Gasteiger partial charge in [0.05, 0.1) is 11.2 Å². The van der Waals surface area contributed by atoms with Crippen molar-refractivity contribution >= 4 is 5.52 Å². The largest absolute Gasteiger partial charge is 0.327 e. The molecule has 0 radical (unpaired) electrons. The van der Waals surface area contributed by atoms with Crippen molar-refractivity contribution in [3.63, 3.8) is 0 Å². The Morgan fingerprint density at radius 3 is 2.75 bits per heavy atom. The van der Waals surface area contributed by atoms with E-state index in [1.165, 1.54) is 24.1 Å². The van der Waals surface area contributed by atoms with Crippen LogP contribution in [0.5, 0.6) is 0 Å². The lowest BCUT2D eigenvalue weighted by molar-refractivity contribution is 0.140. The topological polar surface area (TPSA) is 46.6 Å². The van der Waals surface area contributed by atoms with Crippen molar-refractivity contribution in [1.29, 1.82) is 0 Å². The molecule has 0 amide bonds. The zero-order chi connectivity index (χ0) is 13.7. The number of rotatable bonds is 2. The van der Waals surface area contributed by atoms with Gasteiger partial charge in [-0.1, -0.05) is 6.07 Å². The number of aromatic nitrogens is 2. The number of pyridine rings is 1. The van der Waals surface area contributed by atoms with E-state index in [-0.39, 0.29) is 0 Å². The Hall–Kier alpha value is -1.39. The standard InChI is InChI=1S/C16H22N4/c1-11-18-14(15-4-2-3-7-20(11)15)10-19-8-12-5-6-13(9-19)16(12)17/h2-4,7,12-13,16H,5-6,8-10,17H2,1H3/t12-,13+,16?. The molecule has 20 heavy (non-hydrogen) atoms. The van der Waals surface area contributed by atoms with Gasteiger partial charge in [0.2, 0.25) is 0 Å². The van der Waals surface area contributed by atoms with Gasteiger partial charge >= 0.3 is 0 Å². The second-order valence-corrected chi connectivity index (χ2v) is 6.43. The average Bonchev–Trinajstić information content (AvgIpc) is 2.85. The molecule has 2 aromatic rings. The minimum absolute atomic E-state index is 0.437. The molecule has 106 valence electrons. The second kappa shape index (κ2) is 4.57.